The van der Waals surface area contributed by atoms with E-state index in [9.17, 15) is 9.59 Å². The van der Waals surface area contributed by atoms with Gasteiger partial charge < -0.3 is 9.84 Å². The Morgan fingerprint density at radius 2 is 1.94 bits per heavy atom. The molecule has 1 rings (SSSR count). The number of aliphatic carboxylic acids is 1. The number of carboxylic acid groups (broad SMARTS) is 1. The summed E-state index contributed by atoms with van der Waals surface area (Å²) in [6.45, 7) is 5.40. The van der Waals surface area contributed by atoms with E-state index in [-0.39, 0.29) is 5.97 Å². The van der Waals surface area contributed by atoms with Crippen molar-refractivity contribution in [1.29, 1.82) is 0 Å². The molecule has 98 valence electrons. The fourth-order valence-electron chi connectivity index (χ4n) is 1.81. The molecular formula is C14H18O4. The minimum Gasteiger partial charge on any atom is -0.481 e. The molecule has 18 heavy (non-hydrogen) atoms. The number of hydrogen-bond donors (Lipinski definition) is 1. The second-order valence-corrected chi connectivity index (χ2v) is 4.52. The van der Waals surface area contributed by atoms with E-state index in [1.165, 1.54) is 7.11 Å². The first-order valence-corrected chi connectivity index (χ1v) is 5.78. The highest BCUT2D eigenvalue weighted by Gasteiger charge is 2.16. The molecule has 0 aliphatic heterocycles. The topological polar surface area (TPSA) is 63.6 Å². The Labute approximate surface area is 107 Å². The zero-order chi connectivity index (χ0) is 13.9. The van der Waals surface area contributed by atoms with Crippen LogP contribution in [-0.4, -0.2) is 24.2 Å². The molecule has 0 fully saturated rings. The van der Waals surface area contributed by atoms with E-state index >= 15 is 0 Å². The number of carbonyl (C=O) groups excluding carboxylic acids is 1. The maximum absolute atomic E-state index is 11.6. The highest BCUT2D eigenvalue weighted by atomic mass is 16.5. The monoisotopic (exact) mass is 250 g/mol. The molecule has 0 aromatic heterocycles. The molecule has 0 saturated carbocycles. The first-order valence-electron chi connectivity index (χ1n) is 5.78. The van der Waals surface area contributed by atoms with Gasteiger partial charge in [-0.3, -0.25) is 4.79 Å². The molecule has 1 aromatic rings. The predicted molar refractivity (Wildman–Crippen MR) is 67.8 cm³/mol. The Bertz CT molecular complexity index is 477. The summed E-state index contributed by atoms with van der Waals surface area (Å²) in [5, 5.41) is 8.90. The minimum absolute atomic E-state index is 0.388. The van der Waals surface area contributed by atoms with Crippen LogP contribution in [0.1, 0.15) is 34.0 Å². The molecule has 0 radical (unpaired) electrons. The maximum atomic E-state index is 11.6. The first-order chi connectivity index (χ1) is 8.36. The zero-order valence-electron chi connectivity index (χ0n) is 11.1. The van der Waals surface area contributed by atoms with Gasteiger partial charge in [0.05, 0.1) is 18.6 Å². The van der Waals surface area contributed by atoms with E-state index in [1.54, 1.807) is 13.0 Å². The molecule has 1 N–H and O–H groups in total. The van der Waals surface area contributed by atoms with Crippen molar-refractivity contribution in [2.24, 2.45) is 5.92 Å². The second-order valence-electron chi connectivity index (χ2n) is 4.52. The molecule has 0 heterocycles. The van der Waals surface area contributed by atoms with Crippen LogP contribution in [-0.2, 0) is 16.0 Å². The number of carboxylic acids is 1. The van der Waals surface area contributed by atoms with Crippen LogP contribution in [0.15, 0.2) is 12.1 Å². The van der Waals surface area contributed by atoms with Crippen molar-refractivity contribution in [2.75, 3.05) is 7.11 Å². The minimum atomic E-state index is -0.840. The third-order valence-electron chi connectivity index (χ3n) is 3.10. The molecule has 1 unspecified atom stereocenters. The van der Waals surface area contributed by atoms with Gasteiger partial charge in [-0.1, -0.05) is 13.0 Å². The molecule has 0 spiro atoms. The van der Waals surface area contributed by atoms with Crippen LogP contribution in [0.25, 0.3) is 0 Å². The summed E-state index contributed by atoms with van der Waals surface area (Å²) in [5.41, 5.74) is 3.18. The lowest BCUT2D eigenvalue weighted by Gasteiger charge is -2.12. The lowest BCUT2D eigenvalue weighted by Crippen LogP contribution is -2.13. The van der Waals surface area contributed by atoms with Crippen molar-refractivity contribution < 1.29 is 19.4 Å². The van der Waals surface area contributed by atoms with Crippen LogP contribution in [0, 0.1) is 19.8 Å². The third kappa shape index (κ3) is 3.09. The Morgan fingerprint density at radius 1 is 1.33 bits per heavy atom. The highest BCUT2D eigenvalue weighted by molar-refractivity contribution is 5.91. The van der Waals surface area contributed by atoms with Crippen molar-refractivity contribution >= 4 is 11.9 Å². The lowest BCUT2D eigenvalue weighted by molar-refractivity contribution is -0.141. The van der Waals surface area contributed by atoms with E-state index in [1.807, 2.05) is 19.9 Å². The number of rotatable bonds is 4. The van der Waals surface area contributed by atoms with E-state index in [0.29, 0.717) is 12.0 Å². The van der Waals surface area contributed by atoms with E-state index in [4.69, 9.17) is 9.84 Å². The summed E-state index contributed by atoms with van der Waals surface area (Å²) in [7, 11) is 1.34. The Balaban J connectivity index is 3.12. The standard InChI is InChI=1S/C14H18O4/c1-8-5-11(6-9(2)13(15)16)7-12(10(8)3)14(17)18-4/h5,7,9H,6H2,1-4H3,(H,15,16). The van der Waals surface area contributed by atoms with Crippen molar-refractivity contribution in [3.63, 3.8) is 0 Å². The molecule has 4 heteroatoms. The summed E-state index contributed by atoms with van der Waals surface area (Å²) in [5.74, 6) is -1.70. The van der Waals surface area contributed by atoms with Gasteiger partial charge in [0.15, 0.2) is 0 Å². The molecule has 0 bridgehead atoms. The van der Waals surface area contributed by atoms with Gasteiger partial charge in [0.25, 0.3) is 0 Å². The van der Waals surface area contributed by atoms with Crippen LogP contribution in [0.5, 0.6) is 0 Å². The Morgan fingerprint density at radius 3 is 2.44 bits per heavy atom. The number of benzene rings is 1. The van der Waals surface area contributed by atoms with Gasteiger partial charge in [-0.05, 0) is 43.0 Å². The fourth-order valence-corrected chi connectivity index (χ4v) is 1.81. The fraction of sp³-hybridized carbons (Fsp3) is 0.429. The molecule has 1 atom stereocenters. The number of ether oxygens (including phenoxy) is 1. The quantitative estimate of drug-likeness (QED) is 0.833. The van der Waals surface area contributed by atoms with Crippen LogP contribution in [0.2, 0.25) is 0 Å². The van der Waals surface area contributed by atoms with E-state index in [0.717, 1.165) is 16.7 Å². The van der Waals surface area contributed by atoms with E-state index < -0.39 is 11.9 Å². The van der Waals surface area contributed by atoms with Crippen molar-refractivity contribution in [3.05, 3.63) is 34.4 Å². The summed E-state index contributed by atoms with van der Waals surface area (Å²) < 4.78 is 4.72. The van der Waals surface area contributed by atoms with Gasteiger partial charge in [-0.2, -0.15) is 0 Å². The number of aryl methyl sites for hydroxylation is 1. The number of esters is 1. The van der Waals surface area contributed by atoms with Crippen molar-refractivity contribution in [3.8, 4) is 0 Å². The zero-order valence-corrected chi connectivity index (χ0v) is 11.1. The molecule has 4 nitrogen and oxygen atoms in total. The largest absolute Gasteiger partial charge is 0.481 e. The SMILES string of the molecule is COC(=O)c1cc(CC(C)C(=O)O)cc(C)c1C. The Hall–Kier alpha value is -1.84. The normalized spacial score (nSPS) is 12.0. The smallest absolute Gasteiger partial charge is 0.338 e. The van der Waals surface area contributed by atoms with Crippen LogP contribution in [0.4, 0.5) is 0 Å². The summed E-state index contributed by atoms with van der Waals surface area (Å²) in [4.78, 5) is 22.5. The van der Waals surface area contributed by atoms with Gasteiger partial charge in [0.1, 0.15) is 0 Å². The molecule has 0 aliphatic carbocycles. The average molecular weight is 250 g/mol. The van der Waals surface area contributed by atoms with Crippen LogP contribution < -0.4 is 0 Å². The maximum Gasteiger partial charge on any atom is 0.338 e. The van der Waals surface area contributed by atoms with Gasteiger partial charge in [0, 0.05) is 0 Å². The average Bonchev–Trinajstić information content (AvgIpc) is 2.32. The molecule has 1 aromatic carbocycles. The van der Waals surface area contributed by atoms with Crippen molar-refractivity contribution in [1.82, 2.24) is 0 Å². The van der Waals surface area contributed by atoms with E-state index in [2.05, 4.69) is 0 Å². The van der Waals surface area contributed by atoms with Gasteiger partial charge >= 0.3 is 11.9 Å². The van der Waals surface area contributed by atoms with Gasteiger partial charge in [-0.15, -0.1) is 0 Å². The molecule has 0 saturated heterocycles. The van der Waals surface area contributed by atoms with Crippen molar-refractivity contribution in [2.45, 2.75) is 27.2 Å². The first kappa shape index (κ1) is 14.2. The molecule has 0 amide bonds. The molecule has 0 aliphatic rings. The summed E-state index contributed by atoms with van der Waals surface area (Å²) in [6.07, 6.45) is 0.403. The predicted octanol–water partition coefficient (Wildman–Crippen LogP) is 2.35. The van der Waals surface area contributed by atoms with Crippen LogP contribution in [0.3, 0.4) is 0 Å². The van der Waals surface area contributed by atoms with Gasteiger partial charge in [0.2, 0.25) is 0 Å². The van der Waals surface area contributed by atoms with Gasteiger partial charge in [-0.25, -0.2) is 4.79 Å². The highest BCUT2D eigenvalue weighted by Crippen LogP contribution is 2.19. The lowest BCUT2D eigenvalue weighted by atomic mass is 9.94. The number of hydrogen-bond acceptors (Lipinski definition) is 3. The Kier molecular flexibility index (Phi) is 4.48. The van der Waals surface area contributed by atoms with Crippen LogP contribution >= 0.6 is 0 Å². The summed E-state index contributed by atoms with van der Waals surface area (Å²) >= 11 is 0. The number of methoxy groups -OCH3 is 1. The second kappa shape index (κ2) is 5.67. The number of carbonyl (C=O) groups is 2. The molecular weight excluding hydrogens is 232 g/mol. The summed E-state index contributed by atoms with van der Waals surface area (Å²) in [6, 6.07) is 3.63. The third-order valence-corrected chi connectivity index (χ3v) is 3.10.